The van der Waals surface area contributed by atoms with Gasteiger partial charge < -0.3 is 10.4 Å². The Hall–Kier alpha value is -0.280. The van der Waals surface area contributed by atoms with Gasteiger partial charge in [-0.05, 0) is 30.8 Å². The smallest absolute Gasteiger partial charge is 0.306 e. The molecular formula is C8H14ClNO2. The molecule has 0 aromatic heterocycles. The minimum absolute atomic E-state index is 0. The van der Waals surface area contributed by atoms with Gasteiger partial charge in [-0.1, -0.05) is 6.92 Å². The summed E-state index contributed by atoms with van der Waals surface area (Å²) in [5.41, 5.74) is 0. The van der Waals surface area contributed by atoms with Crippen LogP contribution < -0.4 is 5.32 Å². The van der Waals surface area contributed by atoms with Crippen molar-refractivity contribution in [3.8, 4) is 0 Å². The fraction of sp³-hybridized carbons (Fsp3) is 0.875. The van der Waals surface area contributed by atoms with Crippen molar-refractivity contribution in [1.82, 2.24) is 5.32 Å². The van der Waals surface area contributed by atoms with Crippen molar-refractivity contribution < 1.29 is 9.90 Å². The molecule has 4 atom stereocenters. The predicted molar refractivity (Wildman–Crippen MR) is 47.4 cm³/mol. The van der Waals surface area contributed by atoms with Crippen molar-refractivity contribution in [3.63, 3.8) is 0 Å². The lowest BCUT2D eigenvalue weighted by molar-refractivity contribution is -0.142. The zero-order valence-electron chi connectivity index (χ0n) is 6.99. The third-order valence-corrected chi connectivity index (χ3v) is 3.12. The number of hydrogen-bond donors (Lipinski definition) is 2. The fourth-order valence-corrected chi connectivity index (χ4v) is 2.37. The maximum absolute atomic E-state index is 10.6. The highest BCUT2D eigenvalue weighted by atomic mass is 35.5. The lowest BCUT2D eigenvalue weighted by Crippen LogP contribution is -2.21. The van der Waals surface area contributed by atoms with Gasteiger partial charge in [0.1, 0.15) is 0 Å². The van der Waals surface area contributed by atoms with Crippen molar-refractivity contribution in [2.45, 2.75) is 6.92 Å². The summed E-state index contributed by atoms with van der Waals surface area (Å²) in [4.78, 5) is 10.6. The van der Waals surface area contributed by atoms with Gasteiger partial charge in [-0.15, -0.1) is 12.4 Å². The van der Waals surface area contributed by atoms with Crippen LogP contribution in [0.15, 0.2) is 0 Å². The number of hydrogen-bond acceptors (Lipinski definition) is 2. The van der Waals surface area contributed by atoms with Crippen LogP contribution in [0.25, 0.3) is 0 Å². The van der Waals surface area contributed by atoms with Crippen molar-refractivity contribution in [2.24, 2.45) is 23.7 Å². The van der Waals surface area contributed by atoms with Gasteiger partial charge in [0.05, 0.1) is 5.92 Å². The van der Waals surface area contributed by atoms with E-state index in [1.165, 1.54) is 0 Å². The van der Waals surface area contributed by atoms with Crippen LogP contribution in [0.2, 0.25) is 0 Å². The second-order valence-electron chi connectivity index (χ2n) is 3.69. The van der Waals surface area contributed by atoms with Gasteiger partial charge in [-0.3, -0.25) is 4.79 Å². The first-order valence-corrected chi connectivity index (χ1v) is 4.15. The maximum Gasteiger partial charge on any atom is 0.306 e. The second kappa shape index (κ2) is 3.23. The summed E-state index contributed by atoms with van der Waals surface area (Å²) in [5.74, 6) is 1.03. The van der Waals surface area contributed by atoms with Gasteiger partial charge in [0.15, 0.2) is 0 Å². The molecule has 2 rings (SSSR count). The first-order chi connectivity index (χ1) is 5.22. The topological polar surface area (TPSA) is 49.3 Å². The molecular weight excluding hydrogens is 178 g/mol. The molecule has 1 heterocycles. The van der Waals surface area contributed by atoms with Gasteiger partial charge in [-0.25, -0.2) is 0 Å². The first kappa shape index (κ1) is 9.81. The summed E-state index contributed by atoms with van der Waals surface area (Å²) < 4.78 is 0. The highest BCUT2D eigenvalue weighted by molar-refractivity contribution is 5.85. The molecule has 0 spiro atoms. The number of carboxylic acids is 1. The molecule has 3 nitrogen and oxygen atoms in total. The number of rotatable bonds is 2. The van der Waals surface area contributed by atoms with Crippen LogP contribution in [-0.2, 0) is 4.79 Å². The Balaban J connectivity index is 0.000000720. The number of carbonyl (C=O) groups is 1. The summed E-state index contributed by atoms with van der Waals surface area (Å²) in [6.07, 6.45) is 0. The van der Waals surface area contributed by atoms with E-state index in [9.17, 15) is 4.79 Å². The van der Waals surface area contributed by atoms with Crippen molar-refractivity contribution in [1.29, 1.82) is 0 Å². The van der Waals surface area contributed by atoms with Crippen LogP contribution in [0.3, 0.4) is 0 Å². The fourth-order valence-electron chi connectivity index (χ4n) is 2.37. The van der Waals surface area contributed by atoms with E-state index in [1.54, 1.807) is 0 Å². The van der Waals surface area contributed by atoms with E-state index in [1.807, 2.05) is 6.92 Å². The Morgan fingerprint density at radius 3 is 2.42 bits per heavy atom. The number of fused-ring (bicyclic) bond motifs is 1. The van der Waals surface area contributed by atoms with Crippen LogP contribution in [0.4, 0.5) is 0 Å². The van der Waals surface area contributed by atoms with Gasteiger partial charge in [0, 0.05) is 0 Å². The summed E-state index contributed by atoms with van der Waals surface area (Å²) in [5, 5.41) is 12.0. The highest BCUT2D eigenvalue weighted by Crippen LogP contribution is 2.52. The highest BCUT2D eigenvalue weighted by Gasteiger charge is 2.56. The molecule has 1 aliphatic carbocycles. The summed E-state index contributed by atoms with van der Waals surface area (Å²) in [6, 6.07) is 0. The summed E-state index contributed by atoms with van der Waals surface area (Å²) >= 11 is 0. The Morgan fingerprint density at radius 2 is 2.00 bits per heavy atom. The van der Waals surface area contributed by atoms with Crippen LogP contribution >= 0.6 is 12.4 Å². The standard InChI is InChI=1S/C8H13NO2.ClH/c1-4(8(10)11)7-5-2-9-3-6(5)7;/h4-7,9H,2-3H2,1H3,(H,10,11);1H/t4?,5-,6+,7?;. The normalized spacial score (nSPS) is 39.6. The van der Waals surface area contributed by atoms with Crippen LogP contribution in [0, 0.1) is 23.7 Å². The lowest BCUT2D eigenvalue weighted by Gasteiger charge is -2.07. The molecule has 1 saturated heterocycles. The summed E-state index contributed by atoms with van der Waals surface area (Å²) in [7, 11) is 0. The quantitative estimate of drug-likeness (QED) is 0.672. The molecule has 2 unspecified atom stereocenters. The molecule has 2 N–H and O–H groups in total. The minimum Gasteiger partial charge on any atom is -0.481 e. The third-order valence-electron chi connectivity index (χ3n) is 3.12. The molecule has 2 aliphatic rings. The number of halogens is 1. The van der Waals surface area contributed by atoms with Crippen molar-refractivity contribution in [3.05, 3.63) is 0 Å². The monoisotopic (exact) mass is 191 g/mol. The average Bonchev–Trinajstić information content (AvgIpc) is 2.41. The van der Waals surface area contributed by atoms with E-state index in [-0.39, 0.29) is 18.3 Å². The molecule has 0 aromatic rings. The predicted octanol–water partition coefficient (Wildman–Crippen LogP) is 0.594. The molecule has 0 amide bonds. The van der Waals surface area contributed by atoms with E-state index in [2.05, 4.69) is 5.32 Å². The molecule has 4 heteroatoms. The van der Waals surface area contributed by atoms with E-state index >= 15 is 0 Å². The molecule has 1 aliphatic heterocycles. The largest absolute Gasteiger partial charge is 0.481 e. The van der Waals surface area contributed by atoms with E-state index < -0.39 is 5.97 Å². The molecule has 12 heavy (non-hydrogen) atoms. The Labute approximate surface area is 77.9 Å². The minimum atomic E-state index is -0.635. The van der Waals surface area contributed by atoms with Gasteiger partial charge in [0.25, 0.3) is 0 Å². The maximum atomic E-state index is 10.6. The second-order valence-corrected chi connectivity index (χ2v) is 3.69. The molecule has 2 fully saturated rings. The number of aliphatic carboxylic acids is 1. The zero-order valence-corrected chi connectivity index (χ0v) is 7.80. The van der Waals surface area contributed by atoms with Crippen LogP contribution in [0.1, 0.15) is 6.92 Å². The van der Waals surface area contributed by atoms with Gasteiger partial charge in [0.2, 0.25) is 0 Å². The van der Waals surface area contributed by atoms with Crippen LogP contribution in [0.5, 0.6) is 0 Å². The number of nitrogens with one attached hydrogen (secondary N) is 1. The van der Waals surface area contributed by atoms with E-state index in [4.69, 9.17) is 5.11 Å². The molecule has 0 bridgehead atoms. The molecule has 0 aromatic carbocycles. The lowest BCUT2D eigenvalue weighted by atomic mass is 10.0. The van der Waals surface area contributed by atoms with Crippen LogP contribution in [-0.4, -0.2) is 24.2 Å². The van der Waals surface area contributed by atoms with E-state index in [0.29, 0.717) is 17.8 Å². The first-order valence-electron chi connectivity index (χ1n) is 4.15. The van der Waals surface area contributed by atoms with Gasteiger partial charge in [-0.2, -0.15) is 0 Å². The van der Waals surface area contributed by atoms with Crippen molar-refractivity contribution >= 4 is 18.4 Å². The Bertz CT molecular complexity index is 187. The Morgan fingerprint density at radius 1 is 1.50 bits per heavy atom. The Kier molecular flexibility index (Phi) is 2.64. The molecule has 1 saturated carbocycles. The number of piperidine rings is 1. The SMILES string of the molecule is CC(C(=O)O)C1[C@H]2CNC[C@@H]12.Cl. The summed E-state index contributed by atoms with van der Waals surface area (Å²) in [6.45, 7) is 3.89. The molecule has 0 radical (unpaired) electrons. The third kappa shape index (κ3) is 1.31. The van der Waals surface area contributed by atoms with E-state index in [0.717, 1.165) is 13.1 Å². The molecule has 70 valence electrons. The average molecular weight is 192 g/mol. The van der Waals surface area contributed by atoms with Gasteiger partial charge >= 0.3 is 5.97 Å². The number of carboxylic acid groups (broad SMARTS) is 1. The van der Waals surface area contributed by atoms with Crippen molar-refractivity contribution in [2.75, 3.05) is 13.1 Å². The zero-order chi connectivity index (χ0) is 8.01.